The summed E-state index contributed by atoms with van der Waals surface area (Å²) in [6, 6.07) is 9.74. The quantitative estimate of drug-likeness (QED) is 0.882. The van der Waals surface area contributed by atoms with Crippen LogP contribution in [0.25, 0.3) is 11.3 Å². The first-order valence-corrected chi connectivity index (χ1v) is 9.60. The standard InChI is InChI=1S/C21H24N4O2/c1-13(2)25-20(21(26)23-17-9-10-27-12-17)18(15-7-8-15)19(24-25)16-5-3-14(11-22)4-6-16/h3-6,13,15,17H,7-10,12H2,1-2H3,(H,23,26). The van der Waals surface area contributed by atoms with Crippen LogP contribution in [0.1, 0.15) is 66.7 Å². The summed E-state index contributed by atoms with van der Waals surface area (Å²) in [5.41, 5.74) is 4.16. The minimum atomic E-state index is -0.0616. The topological polar surface area (TPSA) is 79.9 Å². The molecule has 6 heteroatoms. The van der Waals surface area contributed by atoms with Gasteiger partial charge in [-0.05, 0) is 51.2 Å². The summed E-state index contributed by atoms with van der Waals surface area (Å²) in [5, 5.41) is 17.0. The molecular weight excluding hydrogens is 340 g/mol. The number of aromatic nitrogens is 2. The van der Waals surface area contributed by atoms with E-state index in [4.69, 9.17) is 15.1 Å². The van der Waals surface area contributed by atoms with Crippen LogP contribution in [0, 0.1) is 11.3 Å². The van der Waals surface area contributed by atoms with E-state index in [1.807, 2.05) is 30.7 Å². The fourth-order valence-corrected chi connectivity index (χ4v) is 3.62. The van der Waals surface area contributed by atoms with Crippen molar-refractivity contribution in [1.29, 1.82) is 5.26 Å². The highest BCUT2D eigenvalue weighted by molar-refractivity contribution is 5.96. The normalized spacial score (nSPS) is 19.3. The highest BCUT2D eigenvalue weighted by Gasteiger charge is 2.36. The van der Waals surface area contributed by atoms with Crippen LogP contribution in [0.5, 0.6) is 0 Å². The molecule has 0 bridgehead atoms. The average Bonchev–Trinajstić information content (AvgIpc) is 3.22. The largest absolute Gasteiger partial charge is 0.379 e. The van der Waals surface area contributed by atoms with Gasteiger partial charge in [0.25, 0.3) is 5.91 Å². The van der Waals surface area contributed by atoms with Gasteiger partial charge in [-0.15, -0.1) is 0 Å². The van der Waals surface area contributed by atoms with Crippen molar-refractivity contribution in [2.75, 3.05) is 13.2 Å². The Morgan fingerprint density at radius 2 is 2.04 bits per heavy atom. The average molecular weight is 364 g/mol. The predicted molar refractivity (Wildman–Crippen MR) is 101 cm³/mol. The molecule has 1 saturated carbocycles. The van der Waals surface area contributed by atoms with Gasteiger partial charge in [0.2, 0.25) is 0 Å². The van der Waals surface area contributed by atoms with Gasteiger partial charge in [-0.1, -0.05) is 12.1 Å². The van der Waals surface area contributed by atoms with Crippen molar-refractivity contribution in [2.24, 2.45) is 0 Å². The Kier molecular flexibility index (Phi) is 4.71. The molecule has 1 atom stereocenters. The lowest BCUT2D eigenvalue weighted by atomic mass is 10.0. The number of rotatable bonds is 5. The number of hydrogen-bond acceptors (Lipinski definition) is 4. The van der Waals surface area contributed by atoms with Crippen LogP contribution >= 0.6 is 0 Å². The molecule has 0 spiro atoms. The Labute approximate surface area is 159 Å². The minimum absolute atomic E-state index is 0.0616. The van der Waals surface area contributed by atoms with Crippen LogP contribution in [0.4, 0.5) is 0 Å². The lowest BCUT2D eigenvalue weighted by molar-refractivity contribution is 0.0916. The second kappa shape index (κ2) is 7.16. The van der Waals surface area contributed by atoms with E-state index < -0.39 is 0 Å². The van der Waals surface area contributed by atoms with Crippen molar-refractivity contribution in [3.8, 4) is 17.3 Å². The number of hydrogen-bond donors (Lipinski definition) is 1. The summed E-state index contributed by atoms with van der Waals surface area (Å²) < 4.78 is 7.25. The second-order valence-electron chi connectivity index (χ2n) is 7.65. The van der Waals surface area contributed by atoms with E-state index in [2.05, 4.69) is 11.4 Å². The number of benzene rings is 1. The number of carbonyl (C=O) groups is 1. The first kappa shape index (κ1) is 17.7. The van der Waals surface area contributed by atoms with Gasteiger partial charge in [0, 0.05) is 23.8 Å². The Morgan fingerprint density at radius 1 is 1.30 bits per heavy atom. The van der Waals surface area contributed by atoms with Crippen molar-refractivity contribution < 1.29 is 9.53 Å². The van der Waals surface area contributed by atoms with Crippen molar-refractivity contribution in [1.82, 2.24) is 15.1 Å². The van der Waals surface area contributed by atoms with Crippen molar-refractivity contribution in [3.63, 3.8) is 0 Å². The molecule has 140 valence electrons. The molecule has 2 heterocycles. The molecule has 1 aromatic carbocycles. The Balaban J connectivity index is 1.77. The van der Waals surface area contributed by atoms with E-state index in [1.54, 1.807) is 12.1 Å². The molecule has 1 aliphatic heterocycles. The molecule has 27 heavy (non-hydrogen) atoms. The predicted octanol–water partition coefficient (Wildman–Crippen LogP) is 3.40. The Hall–Kier alpha value is -2.65. The van der Waals surface area contributed by atoms with Crippen molar-refractivity contribution in [2.45, 2.75) is 51.1 Å². The maximum atomic E-state index is 13.2. The van der Waals surface area contributed by atoms with Crippen LogP contribution in [0.3, 0.4) is 0 Å². The van der Waals surface area contributed by atoms with Gasteiger partial charge >= 0.3 is 0 Å². The first-order chi connectivity index (χ1) is 13.1. The number of carbonyl (C=O) groups excluding carboxylic acids is 1. The molecule has 1 unspecified atom stereocenters. The molecular formula is C21H24N4O2. The van der Waals surface area contributed by atoms with Crippen molar-refractivity contribution >= 4 is 5.91 Å². The van der Waals surface area contributed by atoms with E-state index in [1.165, 1.54) is 0 Å². The van der Waals surface area contributed by atoms with Gasteiger partial charge in [-0.25, -0.2) is 0 Å². The summed E-state index contributed by atoms with van der Waals surface area (Å²) in [6.07, 6.45) is 3.02. The zero-order chi connectivity index (χ0) is 19.0. The van der Waals surface area contributed by atoms with Crippen LogP contribution in [0.2, 0.25) is 0 Å². The number of ether oxygens (including phenoxy) is 1. The molecule has 2 fully saturated rings. The summed E-state index contributed by atoms with van der Waals surface area (Å²) in [6.45, 7) is 5.35. The van der Waals surface area contributed by atoms with E-state index in [0.717, 1.165) is 36.1 Å². The highest BCUT2D eigenvalue weighted by atomic mass is 16.5. The molecule has 1 aromatic heterocycles. The summed E-state index contributed by atoms with van der Waals surface area (Å²) >= 11 is 0. The highest BCUT2D eigenvalue weighted by Crippen LogP contribution is 2.46. The van der Waals surface area contributed by atoms with Crippen LogP contribution < -0.4 is 5.32 Å². The molecule has 1 amide bonds. The lowest BCUT2D eigenvalue weighted by Crippen LogP contribution is -2.37. The molecule has 1 saturated heterocycles. The van der Waals surface area contributed by atoms with Gasteiger partial charge < -0.3 is 10.1 Å². The third-order valence-electron chi connectivity index (χ3n) is 5.19. The summed E-state index contributed by atoms with van der Waals surface area (Å²) in [7, 11) is 0. The van der Waals surface area contributed by atoms with Crippen LogP contribution in [0.15, 0.2) is 24.3 Å². The molecule has 2 aromatic rings. The third-order valence-corrected chi connectivity index (χ3v) is 5.19. The van der Waals surface area contributed by atoms with Gasteiger partial charge in [-0.2, -0.15) is 10.4 Å². The Bertz CT molecular complexity index is 882. The maximum absolute atomic E-state index is 13.2. The molecule has 4 rings (SSSR count). The molecule has 0 radical (unpaired) electrons. The fraction of sp³-hybridized carbons (Fsp3) is 0.476. The van der Waals surface area contributed by atoms with E-state index in [0.29, 0.717) is 30.4 Å². The SMILES string of the molecule is CC(C)n1nc(-c2ccc(C#N)cc2)c(C2CC2)c1C(=O)NC1CCOC1. The molecule has 6 nitrogen and oxygen atoms in total. The number of amides is 1. The van der Waals surface area contributed by atoms with Crippen molar-refractivity contribution in [3.05, 3.63) is 41.1 Å². The Morgan fingerprint density at radius 3 is 2.59 bits per heavy atom. The smallest absolute Gasteiger partial charge is 0.270 e. The lowest BCUT2D eigenvalue weighted by Gasteiger charge is -2.15. The van der Waals surface area contributed by atoms with Crippen LogP contribution in [-0.4, -0.2) is 34.9 Å². The molecule has 2 aliphatic rings. The van der Waals surface area contributed by atoms with Gasteiger partial charge in [-0.3, -0.25) is 9.48 Å². The monoisotopic (exact) mass is 364 g/mol. The fourth-order valence-electron chi connectivity index (χ4n) is 3.62. The van der Waals surface area contributed by atoms with Gasteiger partial charge in [0.1, 0.15) is 5.69 Å². The van der Waals surface area contributed by atoms with E-state index in [9.17, 15) is 4.79 Å². The van der Waals surface area contributed by atoms with E-state index in [-0.39, 0.29) is 18.0 Å². The maximum Gasteiger partial charge on any atom is 0.270 e. The molecule has 1 N–H and O–H groups in total. The number of nitrogens with zero attached hydrogens (tertiary/aromatic N) is 3. The number of nitrogens with one attached hydrogen (secondary N) is 1. The third kappa shape index (κ3) is 3.47. The van der Waals surface area contributed by atoms with Crippen LogP contribution in [-0.2, 0) is 4.74 Å². The first-order valence-electron chi connectivity index (χ1n) is 9.60. The van der Waals surface area contributed by atoms with Gasteiger partial charge in [0.05, 0.1) is 30.0 Å². The summed E-state index contributed by atoms with van der Waals surface area (Å²) in [4.78, 5) is 13.2. The number of nitriles is 1. The minimum Gasteiger partial charge on any atom is -0.379 e. The van der Waals surface area contributed by atoms with E-state index >= 15 is 0 Å². The molecule has 1 aliphatic carbocycles. The zero-order valence-corrected chi connectivity index (χ0v) is 15.7. The zero-order valence-electron chi connectivity index (χ0n) is 15.7. The second-order valence-corrected chi connectivity index (χ2v) is 7.65. The van der Waals surface area contributed by atoms with Gasteiger partial charge in [0.15, 0.2) is 0 Å². The summed E-state index contributed by atoms with van der Waals surface area (Å²) in [5.74, 6) is 0.317.